The van der Waals surface area contributed by atoms with Gasteiger partial charge < -0.3 is 14.2 Å². The molecule has 144 valence electrons. The molecule has 4 aliphatic rings. The minimum absolute atomic E-state index is 0.0256. The molecule has 26 heavy (non-hydrogen) atoms. The van der Waals surface area contributed by atoms with Crippen molar-refractivity contribution in [2.75, 3.05) is 0 Å². The molecule has 0 aromatic heterocycles. The Morgan fingerprint density at radius 1 is 1.23 bits per heavy atom. The molecule has 2 aliphatic heterocycles. The van der Waals surface area contributed by atoms with Crippen LogP contribution in [0.5, 0.6) is 0 Å². The molecule has 2 saturated carbocycles. The Balaban J connectivity index is 1.65. The summed E-state index contributed by atoms with van der Waals surface area (Å²) in [5.41, 5.74) is 1.71. The topological polar surface area (TPSA) is 61.8 Å². The molecule has 5 nitrogen and oxygen atoms in total. The number of carbonyl (C=O) groups excluding carboxylic acids is 2. The lowest BCUT2D eigenvalue weighted by Crippen LogP contribution is -2.45. The van der Waals surface area contributed by atoms with Gasteiger partial charge in [0.1, 0.15) is 0 Å². The van der Waals surface area contributed by atoms with Crippen LogP contribution >= 0.6 is 0 Å². The van der Waals surface area contributed by atoms with E-state index in [2.05, 4.69) is 20.8 Å². The normalized spacial score (nSPS) is 43.9. The lowest BCUT2D eigenvalue weighted by molar-refractivity contribution is -0.213. The molecule has 0 aromatic carbocycles. The first-order chi connectivity index (χ1) is 12.2. The molecule has 2 aliphatic carbocycles. The van der Waals surface area contributed by atoms with Gasteiger partial charge >= 0.3 is 11.9 Å². The van der Waals surface area contributed by atoms with Gasteiger partial charge in [0.05, 0.1) is 5.92 Å². The van der Waals surface area contributed by atoms with E-state index in [0.29, 0.717) is 11.3 Å². The van der Waals surface area contributed by atoms with Gasteiger partial charge in [0.15, 0.2) is 0 Å². The fourth-order valence-electron chi connectivity index (χ4n) is 6.32. The lowest BCUT2D eigenvalue weighted by Gasteiger charge is -2.51. The molecule has 0 radical (unpaired) electrons. The van der Waals surface area contributed by atoms with Crippen LogP contribution in [0.3, 0.4) is 0 Å². The van der Waals surface area contributed by atoms with E-state index in [1.165, 1.54) is 38.2 Å². The van der Waals surface area contributed by atoms with E-state index < -0.39 is 12.6 Å². The number of esters is 2. The van der Waals surface area contributed by atoms with Crippen molar-refractivity contribution in [1.29, 1.82) is 0 Å². The Bertz CT molecular complexity index is 651. The maximum absolute atomic E-state index is 12.2. The zero-order valence-corrected chi connectivity index (χ0v) is 16.2. The minimum atomic E-state index is -0.611. The fraction of sp³-hybridized carbons (Fsp3) is 0.810. The average molecular weight is 362 g/mol. The van der Waals surface area contributed by atoms with Gasteiger partial charge in [-0.25, -0.2) is 4.79 Å². The highest BCUT2D eigenvalue weighted by Gasteiger charge is 2.58. The second kappa shape index (κ2) is 6.08. The van der Waals surface area contributed by atoms with Gasteiger partial charge in [0.25, 0.3) is 0 Å². The van der Waals surface area contributed by atoms with Crippen LogP contribution in [0.15, 0.2) is 11.6 Å². The quantitative estimate of drug-likeness (QED) is 0.696. The number of carbonyl (C=O) groups is 2. The summed E-state index contributed by atoms with van der Waals surface area (Å²) in [6, 6.07) is 0. The third kappa shape index (κ3) is 2.98. The molecule has 0 N–H and O–H groups in total. The Morgan fingerprint density at radius 3 is 2.69 bits per heavy atom. The molecule has 0 spiro atoms. The zero-order chi connectivity index (χ0) is 18.7. The Kier molecular flexibility index (Phi) is 4.22. The van der Waals surface area contributed by atoms with Crippen molar-refractivity contribution in [2.24, 2.45) is 28.6 Å². The number of rotatable bonds is 2. The van der Waals surface area contributed by atoms with Gasteiger partial charge in [-0.2, -0.15) is 0 Å². The van der Waals surface area contributed by atoms with Crippen LogP contribution in [0.2, 0.25) is 0 Å². The van der Waals surface area contributed by atoms with Gasteiger partial charge in [0.2, 0.25) is 12.6 Å². The van der Waals surface area contributed by atoms with Crippen molar-refractivity contribution in [1.82, 2.24) is 0 Å². The van der Waals surface area contributed by atoms with E-state index in [9.17, 15) is 9.59 Å². The SMILES string of the molecule is CC(=O)O[C@H]1O[C@@H]2OC(=O)C=C3[C@@H]2[C@@H]1CC[C@H]3[C@]1(C)CCCC(C)(C)C1. The molecule has 0 aromatic rings. The zero-order valence-electron chi connectivity index (χ0n) is 16.2. The largest absolute Gasteiger partial charge is 0.435 e. The summed E-state index contributed by atoms with van der Waals surface area (Å²) < 4.78 is 16.7. The molecular weight excluding hydrogens is 332 g/mol. The predicted molar refractivity (Wildman–Crippen MR) is 94.7 cm³/mol. The van der Waals surface area contributed by atoms with E-state index in [-0.39, 0.29) is 29.2 Å². The van der Waals surface area contributed by atoms with Crippen molar-refractivity contribution < 1.29 is 23.8 Å². The second-order valence-corrected chi connectivity index (χ2v) is 9.73. The summed E-state index contributed by atoms with van der Waals surface area (Å²) in [5.74, 6) is -0.196. The predicted octanol–water partition coefficient (Wildman–Crippen LogP) is 3.96. The maximum atomic E-state index is 12.2. The van der Waals surface area contributed by atoms with Gasteiger partial charge in [-0.1, -0.05) is 27.2 Å². The number of hydrogen-bond acceptors (Lipinski definition) is 5. The highest BCUT2D eigenvalue weighted by Crippen LogP contribution is 2.59. The molecule has 6 atom stereocenters. The smallest absolute Gasteiger partial charge is 0.333 e. The van der Waals surface area contributed by atoms with Crippen LogP contribution < -0.4 is 0 Å². The van der Waals surface area contributed by atoms with Crippen molar-refractivity contribution >= 4 is 11.9 Å². The van der Waals surface area contributed by atoms with Crippen LogP contribution in [0.25, 0.3) is 0 Å². The van der Waals surface area contributed by atoms with Gasteiger partial charge in [0, 0.05) is 18.9 Å². The summed E-state index contributed by atoms with van der Waals surface area (Å²) in [4.78, 5) is 23.6. The van der Waals surface area contributed by atoms with E-state index in [1.807, 2.05) is 0 Å². The summed E-state index contributed by atoms with van der Waals surface area (Å²) in [5, 5.41) is 0. The molecular formula is C21H30O5. The van der Waals surface area contributed by atoms with Crippen molar-refractivity contribution in [3.63, 3.8) is 0 Å². The monoisotopic (exact) mass is 362 g/mol. The maximum Gasteiger partial charge on any atom is 0.333 e. The molecule has 3 fully saturated rings. The molecule has 4 rings (SSSR count). The van der Waals surface area contributed by atoms with Gasteiger partial charge in [-0.15, -0.1) is 0 Å². The van der Waals surface area contributed by atoms with E-state index >= 15 is 0 Å². The molecule has 2 heterocycles. The molecule has 0 bridgehead atoms. The highest BCUT2D eigenvalue weighted by atomic mass is 16.8. The van der Waals surface area contributed by atoms with Crippen LogP contribution in [-0.4, -0.2) is 24.5 Å². The van der Waals surface area contributed by atoms with Gasteiger partial charge in [-0.3, -0.25) is 4.79 Å². The molecule has 5 heteroatoms. The summed E-state index contributed by atoms with van der Waals surface area (Å²) >= 11 is 0. The van der Waals surface area contributed by atoms with Crippen molar-refractivity contribution in [2.45, 2.75) is 78.8 Å². The van der Waals surface area contributed by atoms with Crippen LogP contribution in [0, 0.1) is 28.6 Å². The molecule has 0 unspecified atom stereocenters. The second-order valence-electron chi connectivity index (χ2n) is 9.73. The van der Waals surface area contributed by atoms with E-state index in [1.54, 1.807) is 6.08 Å². The Labute approximate surface area is 155 Å². The standard InChI is InChI=1S/C21H30O5/c1-12(22)24-18-13-6-7-15(21(4)9-5-8-20(2,3)11-21)14-10-16(23)25-19(26-18)17(13)14/h10,13,15,17-19H,5-9,11H2,1-4H3/t13-,15+,17-,18-,19-,21+/m0/s1. The van der Waals surface area contributed by atoms with E-state index in [4.69, 9.17) is 14.2 Å². The minimum Gasteiger partial charge on any atom is -0.435 e. The molecule has 0 amide bonds. The fourth-order valence-corrected chi connectivity index (χ4v) is 6.32. The summed E-state index contributed by atoms with van der Waals surface area (Å²) in [7, 11) is 0. The van der Waals surface area contributed by atoms with E-state index in [0.717, 1.165) is 12.8 Å². The lowest BCUT2D eigenvalue weighted by atomic mass is 9.53. The van der Waals surface area contributed by atoms with Crippen molar-refractivity contribution in [3.05, 3.63) is 11.6 Å². The van der Waals surface area contributed by atoms with Gasteiger partial charge in [-0.05, 0) is 54.4 Å². The first kappa shape index (κ1) is 18.0. The average Bonchev–Trinajstić information content (AvgIpc) is 2.83. The summed E-state index contributed by atoms with van der Waals surface area (Å²) in [6.45, 7) is 8.51. The molecule has 1 saturated heterocycles. The third-order valence-electron chi connectivity index (χ3n) is 7.07. The highest BCUT2D eigenvalue weighted by molar-refractivity contribution is 5.84. The first-order valence-corrected chi connectivity index (χ1v) is 9.93. The van der Waals surface area contributed by atoms with Crippen LogP contribution in [0.1, 0.15) is 66.2 Å². The summed E-state index contributed by atoms with van der Waals surface area (Å²) in [6.07, 6.45) is 7.33. The van der Waals surface area contributed by atoms with Crippen LogP contribution in [-0.2, 0) is 23.8 Å². The Morgan fingerprint density at radius 2 is 2.00 bits per heavy atom. The first-order valence-electron chi connectivity index (χ1n) is 9.93. The number of hydrogen-bond donors (Lipinski definition) is 0. The number of ether oxygens (including phenoxy) is 3. The van der Waals surface area contributed by atoms with Crippen LogP contribution in [0.4, 0.5) is 0 Å². The Hall–Kier alpha value is -1.36. The van der Waals surface area contributed by atoms with Crippen molar-refractivity contribution in [3.8, 4) is 0 Å². The third-order valence-corrected chi connectivity index (χ3v) is 7.07.